The van der Waals surface area contributed by atoms with E-state index in [1.54, 1.807) is 18.3 Å². The molecule has 1 heterocycles. The van der Waals surface area contributed by atoms with Crippen LogP contribution in [0.1, 0.15) is 10.4 Å². The van der Waals surface area contributed by atoms with Crippen LogP contribution < -0.4 is 10.0 Å². The van der Waals surface area contributed by atoms with Crippen molar-refractivity contribution in [1.29, 1.82) is 0 Å². The number of rotatable bonds is 6. The van der Waals surface area contributed by atoms with E-state index in [4.69, 9.17) is 0 Å². The summed E-state index contributed by atoms with van der Waals surface area (Å²) in [6.07, 6.45) is 2.51. The monoisotopic (exact) mass is 311 g/mol. The number of nitrogens with zero attached hydrogens (tertiary/aromatic N) is 1. The van der Waals surface area contributed by atoms with Gasteiger partial charge in [-0.05, 0) is 44.6 Å². The van der Waals surface area contributed by atoms with Gasteiger partial charge in [0.1, 0.15) is 0 Å². The first kappa shape index (κ1) is 15.0. The van der Waals surface area contributed by atoms with E-state index < -0.39 is 10.0 Å². The molecule has 0 radical (unpaired) electrons. The molecule has 2 N–H and O–H groups in total. The van der Waals surface area contributed by atoms with Crippen LogP contribution in [0.2, 0.25) is 0 Å². The lowest BCUT2D eigenvalue weighted by atomic mass is 10.1. The van der Waals surface area contributed by atoms with Crippen molar-refractivity contribution in [3.63, 3.8) is 0 Å². The standard InChI is InChI=1S/C13H17N3O2S2/c1-10-9-15-13(19-10)16-20(17,18)12-5-3-11(4-6-12)7-8-14-2/h3-6,9,14H,7-8H2,1-2H3,(H,15,16). The van der Waals surface area contributed by atoms with Crippen LogP contribution in [0.25, 0.3) is 0 Å². The van der Waals surface area contributed by atoms with Crippen LogP contribution in [0.4, 0.5) is 5.13 Å². The number of aromatic nitrogens is 1. The summed E-state index contributed by atoms with van der Waals surface area (Å²) in [6.45, 7) is 2.74. The summed E-state index contributed by atoms with van der Waals surface area (Å²) in [5, 5.41) is 3.45. The normalized spacial score (nSPS) is 11.5. The summed E-state index contributed by atoms with van der Waals surface area (Å²) < 4.78 is 26.8. The van der Waals surface area contributed by atoms with E-state index in [9.17, 15) is 8.42 Å². The summed E-state index contributed by atoms with van der Waals surface area (Å²) in [6, 6.07) is 6.90. The highest BCUT2D eigenvalue weighted by Crippen LogP contribution is 2.21. The topological polar surface area (TPSA) is 71.1 Å². The second-order valence-electron chi connectivity index (χ2n) is 4.38. The third-order valence-corrected chi connectivity index (χ3v) is 5.05. The fourth-order valence-electron chi connectivity index (χ4n) is 1.68. The zero-order valence-corrected chi connectivity index (χ0v) is 13.0. The van der Waals surface area contributed by atoms with Crippen LogP contribution in [0.5, 0.6) is 0 Å². The van der Waals surface area contributed by atoms with Gasteiger partial charge in [-0.15, -0.1) is 11.3 Å². The minimum Gasteiger partial charge on any atom is -0.319 e. The first-order chi connectivity index (χ1) is 9.51. The largest absolute Gasteiger partial charge is 0.319 e. The van der Waals surface area contributed by atoms with Gasteiger partial charge in [0.2, 0.25) is 0 Å². The number of nitrogens with one attached hydrogen (secondary N) is 2. The zero-order valence-electron chi connectivity index (χ0n) is 11.4. The van der Waals surface area contributed by atoms with Crippen molar-refractivity contribution in [3.8, 4) is 0 Å². The molecule has 5 nitrogen and oxygen atoms in total. The molecule has 2 rings (SSSR count). The molecule has 0 aliphatic carbocycles. The zero-order chi connectivity index (χ0) is 14.6. The Balaban J connectivity index is 2.13. The fourth-order valence-corrected chi connectivity index (χ4v) is 3.59. The molecule has 20 heavy (non-hydrogen) atoms. The van der Waals surface area contributed by atoms with E-state index in [0.29, 0.717) is 5.13 Å². The minimum absolute atomic E-state index is 0.249. The lowest BCUT2D eigenvalue weighted by molar-refractivity contribution is 0.601. The molecular formula is C13H17N3O2S2. The number of benzene rings is 1. The van der Waals surface area contributed by atoms with Crippen molar-refractivity contribution in [1.82, 2.24) is 10.3 Å². The molecule has 0 saturated carbocycles. The highest BCUT2D eigenvalue weighted by atomic mass is 32.2. The first-order valence-corrected chi connectivity index (χ1v) is 8.50. The van der Waals surface area contributed by atoms with Gasteiger partial charge in [0.15, 0.2) is 5.13 Å². The average molecular weight is 311 g/mol. The van der Waals surface area contributed by atoms with Crippen molar-refractivity contribution in [2.75, 3.05) is 18.3 Å². The summed E-state index contributed by atoms with van der Waals surface area (Å²) in [5.74, 6) is 0. The van der Waals surface area contributed by atoms with Gasteiger partial charge in [-0.2, -0.15) is 0 Å². The number of thiazole rings is 1. The molecule has 1 aromatic heterocycles. The maximum atomic E-state index is 12.2. The SMILES string of the molecule is CNCCc1ccc(S(=O)(=O)Nc2ncc(C)s2)cc1. The summed E-state index contributed by atoms with van der Waals surface area (Å²) >= 11 is 1.31. The molecule has 0 aliphatic heterocycles. The van der Waals surface area contributed by atoms with Gasteiger partial charge in [-0.1, -0.05) is 12.1 Å². The van der Waals surface area contributed by atoms with Crippen molar-refractivity contribution in [3.05, 3.63) is 40.9 Å². The van der Waals surface area contributed by atoms with Gasteiger partial charge < -0.3 is 5.32 Å². The Morgan fingerprint density at radius 1 is 1.25 bits per heavy atom. The van der Waals surface area contributed by atoms with E-state index in [-0.39, 0.29) is 4.90 Å². The van der Waals surface area contributed by atoms with E-state index >= 15 is 0 Å². The number of aryl methyl sites for hydroxylation is 1. The van der Waals surface area contributed by atoms with E-state index in [1.807, 2.05) is 26.1 Å². The van der Waals surface area contributed by atoms with E-state index in [0.717, 1.165) is 23.4 Å². The van der Waals surface area contributed by atoms with Crippen molar-refractivity contribution >= 4 is 26.5 Å². The van der Waals surface area contributed by atoms with Crippen LogP contribution in [0.3, 0.4) is 0 Å². The van der Waals surface area contributed by atoms with Gasteiger partial charge >= 0.3 is 0 Å². The number of anilines is 1. The Hall–Kier alpha value is -1.44. The van der Waals surface area contributed by atoms with Crippen molar-refractivity contribution < 1.29 is 8.42 Å². The molecule has 0 spiro atoms. The highest BCUT2D eigenvalue weighted by Gasteiger charge is 2.15. The molecule has 0 aliphatic rings. The molecular weight excluding hydrogens is 294 g/mol. The first-order valence-electron chi connectivity index (χ1n) is 6.20. The molecule has 1 aromatic carbocycles. The van der Waals surface area contributed by atoms with Crippen LogP contribution in [0.15, 0.2) is 35.4 Å². The lowest BCUT2D eigenvalue weighted by Gasteiger charge is -2.06. The van der Waals surface area contributed by atoms with Crippen LogP contribution in [0, 0.1) is 6.92 Å². The Kier molecular flexibility index (Phi) is 4.74. The summed E-state index contributed by atoms with van der Waals surface area (Å²) in [5.41, 5.74) is 1.10. The maximum Gasteiger partial charge on any atom is 0.263 e. The van der Waals surface area contributed by atoms with Gasteiger partial charge in [0.25, 0.3) is 10.0 Å². The second kappa shape index (κ2) is 6.34. The third-order valence-electron chi connectivity index (χ3n) is 2.74. The molecule has 0 amide bonds. The second-order valence-corrected chi connectivity index (χ2v) is 7.30. The Bertz CT molecular complexity index is 663. The van der Waals surface area contributed by atoms with Crippen LogP contribution >= 0.6 is 11.3 Å². The Morgan fingerprint density at radius 3 is 2.50 bits per heavy atom. The molecule has 0 saturated heterocycles. The third kappa shape index (κ3) is 3.78. The minimum atomic E-state index is -3.55. The quantitative estimate of drug-likeness (QED) is 0.856. The molecule has 0 unspecified atom stereocenters. The van der Waals surface area contributed by atoms with E-state index in [1.165, 1.54) is 11.3 Å². The molecule has 0 fully saturated rings. The number of hydrogen-bond donors (Lipinski definition) is 2. The smallest absolute Gasteiger partial charge is 0.263 e. The predicted octanol–water partition coefficient (Wildman–Crippen LogP) is 2.01. The van der Waals surface area contributed by atoms with Crippen molar-refractivity contribution in [2.24, 2.45) is 0 Å². The number of likely N-dealkylation sites (N-methyl/N-ethyl adjacent to an activating group) is 1. The molecule has 2 aromatic rings. The maximum absolute atomic E-state index is 12.2. The van der Waals surface area contributed by atoms with Gasteiger partial charge in [-0.25, -0.2) is 13.4 Å². The molecule has 0 atom stereocenters. The number of sulfonamides is 1. The van der Waals surface area contributed by atoms with Gasteiger partial charge in [0.05, 0.1) is 4.90 Å². The summed E-state index contributed by atoms with van der Waals surface area (Å²) in [4.78, 5) is 5.22. The Labute approximate surface area is 123 Å². The summed E-state index contributed by atoms with van der Waals surface area (Å²) in [7, 11) is -1.67. The van der Waals surface area contributed by atoms with Crippen molar-refractivity contribution in [2.45, 2.75) is 18.2 Å². The van der Waals surface area contributed by atoms with Gasteiger partial charge in [-0.3, -0.25) is 4.72 Å². The van der Waals surface area contributed by atoms with Gasteiger partial charge in [0, 0.05) is 11.1 Å². The average Bonchev–Trinajstić information content (AvgIpc) is 2.81. The lowest BCUT2D eigenvalue weighted by Crippen LogP contribution is -2.13. The fraction of sp³-hybridized carbons (Fsp3) is 0.308. The van der Waals surface area contributed by atoms with Crippen LogP contribution in [-0.2, 0) is 16.4 Å². The molecule has 7 heteroatoms. The number of hydrogen-bond acceptors (Lipinski definition) is 5. The molecule has 108 valence electrons. The van der Waals surface area contributed by atoms with E-state index in [2.05, 4.69) is 15.0 Å². The molecule has 0 bridgehead atoms. The Morgan fingerprint density at radius 2 is 1.95 bits per heavy atom. The predicted molar refractivity (Wildman–Crippen MR) is 81.7 cm³/mol. The van der Waals surface area contributed by atoms with Crippen LogP contribution in [-0.4, -0.2) is 27.0 Å². The highest BCUT2D eigenvalue weighted by molar-refractivity contribution is 7.93.